The predicted molar refractivity (Wildman–Crippen MR) is 65.5 cm³/mol. The normalized spacial score (nSPS) is 17.4. The molecule has 4 heteroatoms. The summed E-state index contributed by atoms with van der Waals surface area (Å²) in [5, 5.41) is 0.560. The number of carbonyl (C=O) groups is 2. The third-order valence-electron chi connectivity index (χ3n) is 2.88. The zero-order valence-electron chi connectivity index (χ0n) is 9.61. The molecule has 0 N–H and O–H groups in total. The number of rotatable bonds is 2. The summed E-state index contributed by atoms with van der Waals surface area (Å²) in [7, 11) is 0. The number of nitrogens with zero attached hydrogens (tertiary/aromatic N) is 1. The maximum absolute atomic E-state index is 11.8. The van der Waals surface area contributed by atoms with E-state index < -0.39 is 0 Å². The van der Waals surface area contributed by atoms with Crippen molar-refractivity contribution in [1.82, 2.24) is 4.90 Å². The van der Waals surface area contributed by atoms with Gasteiger partial charge in [-0.25, -0.2) is 0 Å². The molecule has 1 aliphatic rings. The van der Waals surface area contributed by atoms with Gasteiger partial charge in [-0.05, 0) is 25.5 Å². The van der Waals surface area contributed by atoms with Gasteiger partial charge in [0.15, 0.2) is 0 Å². The van der Waals surface area contributed by atoms with Crippen LogP contribution in [0.5, 0.6) is 0 Å². The number of hydrogen-bond acceptors (Lipinski definition) is 2. The van der Waals surface area contributed by atoms with Gasteiger partial charge < -0.3 is 0 Å². The molecular formula is C13H12ClNO2. The van der Waals surface area contributed by atoms with Gasteiger partial charge in [0.25, 0.3) is 11.8 Å². The van der Waals surface area contributed by atoms with Crippen molar-refractivity contribution in [2.75, 3.05) is 0 Å². The fraction of sp³-hybridized carbons (Fsp3) is 0.231. The number of hydrogen-bond donors (Lipinski definition) is 0. The van der Waals surface area contributed by atoms with Crippen molar-refractivity contribution in [2.24, 2.45) is 0 Å². The number of carbonyl (C=O) groups excluding carboxylic acids is 2. The van der Waals surface area contributed by atoms with Gasteiger partial charge in [-0.15, -0.1) is 0 Å². The third-order valence-corrected chi connectivity index (χ3v) is 3.22. The molecule has 0 saturated carbocycles. The molecule has 0 fully saturated rings. The summed E-state index contributed by atoms with van der Waals surface area (Å²) in [4.78, 5) is 24.8. The summed E-state index contributed by atoms with van der Waals surface area (Å²) in [6.45, 7) is 3.43. The second-order valence-electron chi connectivity index (χ2n) is 4.04. The molecule has 88 valence electrons. The van der Waals surface area contributed by atoms with E-state index >= 15 is 0 Å². The number of benzene rings is 1. The van der Waals surface area contributed by atoms with Crippen LogP contribution in [0, 0.1) is 0 Å². The molecule has 0 saturated heterocycles. The highest BCUT2D eigenvalue weighted by Crippen LogP contribution is 2.30. The molecule has 1 unspecified atom stereocenters. The standard InChI is InChI=1S/C13H12ClNO2/c1-8-7-12(16)15(13(8)17)9(2)10-5-3-4-6-11(10)14/h3-7,9H,1-2H3. The van der Waals surface area contributed by atoms with Gasteiger partial charge in [0.1, 0.15) is 0 Å². The van der Waals surface area contributed by atoms with E-state index in [9.17, 15) is 9.59 Å². The van der Waals surface area contributed by atoms with Gasteiger partial charge in [0.05, 0.1) is 6.04 Å². The molecule has 0 spiro atoms. The maximum atomic E-state index is 11.8. The van der Waals surface area contributed by atoms with Crippen molar-refractivity contribution in [3.8, 4) is 0 Å². The third kappa shape index (κ3) is 1.98. The minimum Gasteiger partial charge on any atom is -0.269 e. The van der Waals surface area contributed by atoms with Crippen molar-refractivity contribution in [3.05, 3.63) is 46.5 Å². The lowest BCUT2D eigenvalue weighted by molar-refractivity contribution is -0.139. The Morgan fingerprint density at radius 1 is 1.24 bits per heavy atom. The summed E-state index contributed by atoms with van der Waals surface area (Å²) in [5.74, 6) is -0.526. The number of amides is 2. The lowest BCUT2D eigenvalue weighted by Crippen LogP contribution is -2.33. The van der Waals surface area contributed by atoms with E-state index in [1.807, 2.05) is 18.2 Å². The Morgan fingerprint density at radius 2 is 1.88 bits per heavy atom. The minimum absolute atomic E-state index is 0.248. The van der Waals surface area contributed by atoms with E-state index in [1.54, 1.807) is 19.9 Å². The fourth-order valence-corrected chi connectivity index (χ4v) is 2.22. The molecule has 1 aliphatic heterocycles. The molecule has 17 heavy (non-hydrogen) atoms. The summed E-state index contributed by atoms with van der Waals surface area (Å²) in [6, 6.07) is 6.87. The molecule has 1 aromatic carbocycles. The van der Waals surface area contributed by atoms with Crippen molar-refractivity contribution in [3.63, 3.8) is 0 Å². The molecule has 1 atom stereocenters. The summed E-state index contributed by atoms with van der Waals surface area (Å²) in [6.07, 6.45) is 1.36. The van der Waals surface area contributed by atoms with Gasteiger partial charge in [-0.1, -0.05) is 29.8 Å². The monoisotopic (exact) mass is 249 g/mol. The maximum Gasteiger partial charge on any atom is 0.257 e. The van der Waals surface area contributed by atoms with E-state index in [4.69, 9.17) is 11.6 Å². The Balaban J connectivity index is 2.34. The second kappa shape index (κ2) is 4.34. The average molecular weight is 250 g/mol. The first-order chi connectivity index (χ1) is 8.02. The smallest absolute Gasteiger partial charge is 0.257 e. The SMILES string of the molecule is CC1=CC(=O)N(C(C)c2ccccc2Cl)C1=O. The highest BCUT2D eigenvalue weighted by atomic mass is 35.5. The quantitative estimate of drug-likeness (QED) is 0.756. The molecule has 0 bridgehead atoms. The minimum atomic E-state index is -0.350. The van der Waals surface area contributed by atoms with Crippen LogP contribution in [0.1, 0.15) is 25.5 Å². The van der Waals surface area contributed by atoms with Crippen molar-refractivity contribution in [1.29, 1.82) is 0 Å². The van der Waals surface area contributed by atoms with Crippen LogP contribution in [-0.2, 0) is 9.59 Å². The molecule has 0 radical (unpaired) electrons. The number of imide groups is 1. The Morgan fingerprint density at radius 3 is 2.41 bits per heavy atom. The highest BCUT2D eigenvalue weighted by molar-refractivity contribution is 6.31. The van der Waals surface area contributed by atoms with Crippen LogP contribution in [-0.4, -0.2) is 16.7 Å². The average Bonchev–Trinajstić information content (AvgIpc) is 2.53. The Labute approximate surface area is 105 Å². The van der Waals surface area contributed by atoms with Crippen molar-refractivity contribution in [2.45, 2.75) is 19.9 Å². The van der Waals surface area contributed by atoms with Crippen LogP contribution in [0.25, 0.3) is 0 Å². The summed E-state index contributed by atoms with van der Waals surface area (Å²) < 4.78 is 0. The number of halogens is 1. The van der Waals surface area contributed by atoms with E-state index in [0.29, 0.717) is 10.6 Å². The molecule has 3 nitrogen and oxygen atoms in total. The highest BCUT2D eigenvalue weighted by Gasteiger charge is 2.33. The van der Waals surface area contributed by atoms with E-state index in [-0.39, 0.29) is 17.9 Å². The van der Waals surface area contributed by atoms with E-state index in [1.165, 1.54) is 11.0 Å². The molecule has 0 aliphatic carbocycles. The summed E-state index contributed by atoms with van der Waals surface area (Å²) >= 11 is 6.06. The Hall–Kier alpha value is -1.61. The van der Waals surface area contributed by atoms with Gasteiger partial charge in [-0.2, -0.15) is 0 Å². The van der Waals surface area contributed by atoms with Crippen molar-refractivity contribution < 1.29 is 9.59 Å². The van der Waals surface area contributed by atoms with Crippen LogP contribution in [0.4, 0.5) is 0 Å². The first-order valence-corrected chi connectivity index (χ1v) is 5.70. The van der Waals surface area contributed by atoms with Crippen LogP contribution in [0.15, 0.2) is 35.9 Å². The van der Waals surface area contributed by atoms with Crippen LogP contribution in [0.3, 0.4) is 0 Å². The van der Waals surface area contributed by atoms with Crippen LogP contribution in [0.2, 0.25) is 5.02 Å². The second-order valence-corrected chi connectivity index (χ2v) is 4.45. The first kappa shape index (κ1) is 11.9. The molecule has 1 aromatic rings. The van der Waals surface area contributed by atoms with Crippen LogP contribution < -0.4 is 0 Å². The molecular weight excluding hydrogens is 238 g/mol. The zero-order valence-corrected chi connectivity index (χ0v) is 10.4. The molecule has 2 amide bonds. The molecule has 2 rings (SSSR count). The van der Waals surface area contributed by atoms with E-state index in [2.05, 4.69) is 0 Å². The fourth-order valence-electron chi connectivity index (χ4n) is 1.93. The summed E-state index contributed by atoms with van der Waals surface area (Å²) in [5.41, 5.74) is 1.24. The van der Waals surface area contributed by atoms with Crippen LogP contribution >= 0.6 is 11.6 Å². The zero-order chi connectivity index (χ0) is 12.6. The molecule has 1 heterocycles. The van der Waals surface area contributed by atoms with Gasteiger partial charge in [0, 0.05) is 16.7 Å². The topological polar surface area (TPSA) is 37.4 Å². The van der Waals surface area contributed by atoms with Gasteiger partial charge >= 0.3 is 0 Å². The largest absolute Gasteiger partial charge is 0.269 e. The van der Waals surface area contributed by atoms with Crippen molar-refractivity contribution >= 4 is 23.4 Å². The van der Waals surface area contributed by atoms with Gasteiger partial charge in [-0.3, -0.25) is 14.5 Å². The molecule has 0 aromatic heterocycles. The first-order valence-electron chi connectivity index (χ1n) is 5.32. The lowest BCUT2D eigenvalue weighted by atomic mass is 10.1. The Kier molecular flexibility index (Phi) is 3.03. The van der Waals surface area contributed by atoms with Gasteiger partial charge in [0.2, 0.25) is 0 Å². The lowest BCUT2D eigenvalue weighted by Gasteiger charge is -2.24. The van der Waals surface area contributed by atoms with E-state index in [0.717, 1.165) is 5.56 Å². The Bertz CT molecular complexity index is 522. The predicted octanol–water partition coefficient (Wildman–Crippen LogP) is 2.72.